The van der Waals surface area contributed by atoms with E-state index >= 15 is 0 Å². The van der Waals surface area contributed by atoms with Gasteiger partial charge >= 0.3 is 0 Å². The lowest BCUT2D eigenvalue weighted by molar-refractivity contribution is 0.157. The molecule has 1 atom stereocenters. The summed E-state index contributed by atoms with van der Waals surface area (Å²) in [7, 11) is 0. The Morgan fingerprint density at radius 2 is 1.67 bits per heavy atom. The lowest BCUT2D eigenvalue weighted by atomic mass is 10.0. The van der Waals surface area contributed by atoms with E-state index in [4.69, 9.17) is 0 Å². The van der Waals surface area contributed by atoms with Crippen LogP contribution in [-0.2, 0) is 0 Å². The minimum atomic E-state index is 0.460. The first-order valence-electron chi connectivity index (χ1n) is 7.22. The Kier molecular flexibility index (Phi) is 4.79. The first-order chi connectivity index (χ1) is 8.66. The molecule has 1 N–H and O–H groups in total. The molecule has 0 spiro atoms. The van der Waals surface area contributed by atoms with Crippen molar-refractivity contribution >= 4 is 0 Å². The van der Waals surface area contributed by atoms with E-state index in [1.807, 2.05) is 0 Å². The van der Waals surface area contributed by atoms with Crippen LogP contribution in [-0.4, -0.2) is 30.1 Å². The Hall–Kier alpha value is -0.860. The summed E-state index contributed by atoms with van der Waals surface area (Å²) in [6.07, 6.45) is 2.55. The van der Waals surface area contributed by atoms with Crippen LogP contribution in [0, 0.1) is 0 Å². The topological polar surface area (TPSA) is 15.3 Å². The quantitative estimate of drug-likeness (QED) is 0.877. The van der Waals surface area contributed by atoms with E-state index in [1.165, 1.54) is 31.5 Å². The van der Waals surface area contributed by atoms with Crippen LogP contribution < -0.4 is 5.32 Å². The van der Waals surface area contributed by atoms with E-state index in [0.29, 0.717) is 18.1 Å². The van der Waals surface area contributed by atoms with Gasteiger partial charge in [0.2, 0.25) is 0 Å². The molecule has 2 rings (SSSR count). The van der Waals surface area contributed by atoms with Crippen LogP contribution in [0.4, 0.5) is 0 Å². The number of benzene rings is 1. The average Bonchev–Trinajstić information content (AvgIpc) is 2.40. The average molecular weight is 246 g/mol. The summed E-state index contributed by atoms with van der Waals surface area (Å²) in [4.78, 5) is 2.57. The SMILES string of the molecule is CC(C)N1CCC(N[C@H](C)c2ccccc2)CC1. The summed E-state index contributed by atoms with van der Waals surface area (Å²) in [5.41, 5.74) is 1.39. The van der Waals surface area contributed by atoms with Crippen LogP contribution in [0.3, 0.4) is 0 Å². The molecule has 1 saturated heterocycles. The molecule has 1 aliphatic rings. The number of hydrogen-bond acceptors (Lipinski definition) is 2. The molecule has 1 aromatic carbocycles. The Labute approximate surface area is 111 Å². The molecule has 0 bridgehead atoms. The van der Waals surface area contributed by atoms with Gasteiger partial charge in [-0.05, 0) is 52.3 Å². The van der Waals surface area contributed by atoms with Gasteiger partial charge in [-0.3, -0.25) is 0 Å². The Balaban J connectivity index is 1.81. The van der Waals surface area contributed by atoms with Crippen LogP contribution in [0.2, 0.25) is 0 Å². The molecule has 2 heteroatoms. The van der Waals surface area contributed by atoms with E-state index in [2.05, 4.69) is 61.3 Å². The van der Waals surface area contributed by atoms with Crippen molar-refractivity contribution in [2.45, 2.75) is 51.7 Å². The Bertz CT molecular complexity index is 339. The monoisotopic (exact) mass is 246 g/mol. The van der Waals surface area contributed by atoms with Gasteiger partial charge in [0.05, 0.1) is 0 Å². The zero-order valence-electron chi connectivity index (χ0n) is 11.9. The zero-order chi connectivity index (χ0) is 13.0. The van der Waals surface area contributed by atoms with E-state index < -0.39 is 0 Å². The summed E-state index contributed by atoms with van der Waals surface area (Å²) in [6, 6.07) is 12.6. The third-order valence-corrected chi connectivity index (χ3v) is 4.05. The van der Waals surface area contributed by atoms with Crippen molar-refractivity contribution < 1.29 is 0 Å². The van der Waals surface area contributed by atoms with Crippen LogP contribution >= 0.6 is 0 Å². The van der Waals surface area contributed by atoms with Gasteiger partial charge in [-0.15, -0.1) is 0 Å². The number of piperidine rings is 1. The van der Waals surface area contributed by atoms with Gasteiger partial charge in [0.1, 0.15) is 0 Å². The molecule has 1 aromatic rings. The normalized spacial score (nSPS) is 20.2. The number of rotatable bonds is 4. The van der Waals surface area contributed by atoms with Gasteiger partial charge in [0, 0.05) is 18.1 Å². The Morgan fingerprint density at radius 3 is 2.22 bits per heavy atom. The van der Waals surface area contributed by atoms with Crippen molar-refractivity contribution in [3.63, 3.8) is 0 Å². The second-order valence-corrected chi connectivity index (χ2v) is 5.70. The number of nitrogens with one attached hydrogen (secondary N) is 1. The lowest BCUT2D eigenvalue weighted by Crippen LogP contribution is -2.45. The van der Waals surface area contributed by atoms with Crippen molar-refractivity contribution in [1.82, 2.24) is 10.2 Å². The van der Waals surface area contributed by atoms with Gasteiger partial charge in [0.15, 0.2) is 0 Å². The van der Waals surface area contributed by atoms with E-state index in [1.54, 1.807) is 0 Å². The van der Waals surface area contributed by atoms with Crippen molar-refractivity contribution in [3.8, 4) is 0 Å². The largest absolute Gasteiger partial charge is 0.307 e. The fourth-order valence-electron chi connectivity index (χ4n) is 2.77. The smallest absolute Gasteiger partial charge is 0.0294 e. The minimum absolute atomic E-state index is 0.460. The highest BCUT2D eigenvalue weighted by molar-refractivity contribution is 5.18. The van der Waals surface area contributed by atoms with Crippen LogP contribution in [0.1, 0.15) is 45.2 Å². The standard InChI is InChI=1S/C16H26N2/c1-13(2)18-11-9-16(10-12-18)17-14(3)15-7-5-4-6-8-15/h4-8,13-14,16-17H,9-12H2,1-3H3/t14-/m1/s1. The maximum atomic E-state index is 3.77. The van der Waals surface area contributed by atoms with Crippen molar-refractivity contribution in [3.05, 3.63) is 35.9 Å². The third kappa shape index (κ3) is 3.56. The molecule has 1 heterocycles. The molecule has 0 aromatic heterocycles. The van der Waals surface area contributed by atoms with Crippen LogP contribution in [0.15, 0.2) is 30.3 Å². The maximum Gasteiger partial charge on any atom is 0.0294 e. The molecular weight excluding hydrogens is 220 g/mol. The molecule has 0 aliphatic carbocycles. The molecule has 1 fully saturated rings. The van der Waals surface area contributed by atoms with Crippen molar-refractivity contribution in [2.24, 2.45) is 0 Å². The fourth-order valence-corrected chi connectivity index (χ4v) is 2.77. The van der Waals surface area contributed by atoms with E-state index in [-0.39, 0.29) is 0 Å². The highest BCUT2D eigenvalue weighted by atomic mass is 15.2. The van der Waals surface area contributed by atoms with Crippen LogP contribution in [0.5, 0.6) is 0 Å². The minimum Gasteiger partial charge on any atom is -0.307 e. The van der Waals surface area contributed by atoms with Gasteiger partial charge in [-0.1, -0.05) is 30.3 Å². The molecule has 0 amide bonds. The van der Waals surface area contributed by atoms with E-state index in [9.17, 15) is 0 Å². The highest BCUT2D eigenvalue weighted by Crippen LogP contribution is 2.18. The van der Waals surface area contributed by atoms with E-state index in [0.717, 1.165) is 0 Å². The number of hydrogen-bond donors (Lipinski definition) is 1. The second-order valence-electron chi connectivity index (χ2n) is 5.70. The first-order valence-corrected chi connectivity index (χ1v) is 7.22. The van der Waals surface area contributed by atoms with Crippen LogP contribution in [0.25, 0.3) is 0 Å². The highest BCUT2D eigenvalue weighted by Gasteiger charge is 2.21. The summed E-state index contributed by atoms with van der Waals surface area (Å²) >= 11 is 0. The van der Waals surface area contributed by atoms with Crippen molar-refractivity contribution in [2.75, 3.05) is 13.1 Å². The third-order valence-electron chi connectivity index (χ3n) is 4.05. The number of likely N-dealkylation sites (tertiary alicyclic amines) is 1. The fraction of sp³-hybridized carbons (Fsp3) is 0.625. The summed E-state index contributed by atoms with van der Waals surface area (Å²) in [6.45, 7) is 9.32. The Morgan fingerprint density at radius 1 is 1.06 bits per heavy atom. The molecule has 1 aliphatic heterocycles. The van der Waals surface area contributed by atoms with Gasteiger partial charge < -0.3 is 10.2 Å². The molecule has 0 saturated carbocycles. The predicted octanol–water partition coefficient (Wildman–Crippen LogP) is 3.21. The second kappa shape index (κ2) is 6.35. The first kappa shape index (κ1) is 13.6. The predicted molar refractivity (Wildman–Crippen MR) is 77.7 cm³/mol. The zero-order valence-corrected chi connectivity index (χ0v) is 11.9. The molecule has 0 radical (unpaired) electrons. The maximum absolute atomic E-state index is 3.77. The molecular formula is C16H26N2. The van der Waals surface area contributed by atoms with Crippen molar-refractivity contribution in [1.29, 1.82) is 0 Å². The van der Waals surface area contributed by atoms with Gasteiger partial charge in [-0.25, -0.2) is 0 Å². The summed E-state index contributed by atoms with van der Waals surface area (Å²) in [5, 5.41) is 3.77. The lowest BCUT2D eigenvalue weighted by Gasteiger charge is -2.36. The molecule has 18 heavy (non-hydrogen) atoms. The number of nitrogens with zero attached hydrogens (tertiary/aromatic N) is 1. The summed E-state index contributed by atoms with van der Waals surface area (Å²) in [5.74, 6) is 0. The molecule has 2 nitrogen and oxygen atoms in total. The summed E-state index contributed by atoms with van der Waals surface area (Å²) < 4.78 is 0. The molecule has 100 valence electrons. The van der Waals surface area contributed by atoms with Gasteiger partial charge in [-0.2, -0.15) is 0 Å². The van der Waals surface area contributed by atoms with Gasteiger partial charge in [0.25, 0.3) is 0 Å². The molecule has 0 unspecified atom stereocenters.